The summed E-state index contributed by atoms with van der Waals surface area (Å²) < 4.78 is 51.2. The summed E-state index contributed by atoms with van der Waals surface area (Å²) in [6, 6.07) is 13.2. The molecular formula is C21H27FN2O4S. The largest absolute Gasteiger partial charge is 0.492 e. The molecule has 0 saturated carbocycles. The molecular weight excluding hydrogens is 395 g/mol. The van der Waals surface area contributed by atoms with E-state index in [4.69, 9.17) is 9.47 Å². The lowest BCUT2D eigenvalue weighted by molar-refractivity contribution is 0.215. The zero-order valence-corrected chi connectivity index (χ0v) is 17.5. The van der Waals surface area contributed by atoms with E-state index in [0.29, 0.717) is 12.4 Å². The van der Waals surface area contributed by atoms with Crippen molar-refractivity contribution in [2.24, 2.45) is 0 Å². The highest BCUT2D eigenvalue weighted by Gasteiger charge is 2.31. The van der Waals surface area contributed by atoms with Crippen molar-refractivity contribution in [2.75, 3.05) is 32.6 Å². The van der Waals surface area contributed by atoms with Gasteiger partial charge in [-0.05, 0) is 32.0 Å². The van der Waals surface area contributed by atoms with Gasteiger partial charge in [0.15, 0.2) is 11.6 Å². The van der Waals surface area contributed by atoms with Crippen molar-refractivity contribution in [2.45, 2.75) is 25.3 Å². The summed E-state index contributed by atoms with van der Waals surface area (Å²) in [5.74, 6) is 0.174. The van der Waals surface area contributed by atoms with E-state index in [2.05, 4.69) is 22.2 Å². The van der Waals surface area contributed by atoms with Crippen LogP contribution in [0.25, 0.3) is 0 Å². The Labute approximate surface area is 171 Å². The Morgan fingerprint density at radius 1 is 1.24 bits per heavy atom. The quantitative estimate of drug-likeness (QED) is 0.607. The van der Waals surface area contributed by atoms with Gasteiger partial charge in [0.05, 0.1) is 5.75 Å². The third-order valence-electron chi connectivity index (χ3n) is 5.10. The van der Waals surface area contributed by atoms with E-state index in [1.54, 1.807) is 13.0 Å². The normalized spacial score (nSPS) is 18.7. The first-order valence-corrected chi connectivity index (χ1v) is 11.4. The fourth-order valence-corrected chi connectivity index (χ4v) is 4.05. The molecule has 158 valence electrons. The molecule has 29 heavy (non-hydrogen) atoms. The summed E-state index contributed by atoms with van der Waals surface area (Å²) in [6.07, 6.45) is 0.782. The second kappa shape index (κ2) is 9.56. The smallest absolute Gasteiger partial charge is 0.211 e. The lowest BCUT2D eigenvalue weighted by Crippen LogP contribution is -2.41. The number of hydrogen-bond acceptors (Lipinski definition) is 5. The number of hydrogen-bond donors (Lipinski definition) is 2. The predicted octanol–water partition coefficient (Wildman–Crippen LogP) is 2.45. The molecule has 6 nitrogen and oxygen atoms in total. The van der Waals surface area contributed by atoms with E-state index in [9.17, 15) is 12.8 Å². The maximum atomic E-state index is 14.5. The van der Waals surface area contributed by atoms with Crippen LogP contribution in [0.15, 0.2) is 42.5 Å². The first-order valence-electron chi connectivity index (χ1n) is 9.71. The number of rotatable bonds is 9. The molecule has 2 unspecified atom stereocenters. The minimum absolute atomic E-state index is 0.00980. The number of ether oxygens (including phenoxy) is 2. The van der Waals surface area contributed by atoms with E-state index in [1.807, 2.05) is 25.2 Å². The van der Waals surface area contributed by atoms with Crippen LogP contribution in [0.4, 0.5) is 4.39 Å². The van der Waals surface area contributed by atoms with Crippen molar-refractivity contribution in [3.8, 4) is 11.5 Å². The predicted molar refractivity (Wildman–Crippen MR) is 111 cm³/mol. The van der Waals surface area contributed by atoms with Gasteiger partial charge in [0.25, 0.3) is 0 Å². The van der Waals surface area contributed by atoms with Gasteiger partial charge < -0.3 is 14.8 Å². The van der Waals surface area contributed by atoms with Crippen molar-refractivity contribution in [1.82, 2.24) is 10.0 Å². The summed E-state index contributed by atoms with van der Waals surface area (Å²) in [5.41, 5.74) is 2.07. The Hall–Kier alpha value is -2.16. The summed E-state index contributed by atoms with van der Waals surface area (Å²) in [7, 11) is -1.42. The van der Waals surface area contributed by atoms with Crippen LogP contribution in [0.3, 0.4) is 0 Å². The second-order valence-electron chi connectivity index (χ2n) is 6.97. The Kier molecular flexibility index (Phi) is 7.10. The number of fused-ring (bicyclic) bond motifs is 1. The highest BCUT2D eigenvalue weighted by atomic mass is 32.2. The van der Waals surface area contributed by atoms with Gasteiger partial charge >= 0.3 is 0 Å². The van der Waals surface area contributed by atoms with Gasteiger partial charge in [0.1, 0.15) is 19.0 Å². The Bertz CT molecular complexity index is 922. The molecule has 0 saturated heterocycles. The zero-order chi connectivity index (χ0) is 20.9. The number of likely N-dealkylation sites (N-methyl/N-ethyl adjacent to an activating group) is 1. The second-order valence-corrected chi connectivity index (χ2v) is 9.06. The number of benzene rings is 2. The molecule has 0 radical (unpaired) electrons. The fourth-order valence-electron chi connectivity index (χ4n) is 3.45. The molecule has 3 rings (SSSR count). The topological polar surface area (TPSA) is 76.7 Å². The van der Waals surface area contributed by atoms with E-state index in [-0.39, 0.29) is 36.6 Å². The van der Waals surface area contributed by atoms with Crippen molar-refractivity contribution < 1.29 is 22.3 Å². The molecule has 0 spiro atoms. The highest BCUT2D eigenvalue weighted by molar-refractivity contribution is 7.89. The fraction of sp³-hybridized carbons (Fsp3) is 0.429. The van der Waals surface area contributed by atoms with Crippen molar-refractivity contribution in [3.63, 3.8) is 0 Å². The zero-order valence-electron chi connectivity index (χ0n) is 16.7. The molecule has 0 bridgehead atoms. The average molecular weight is 423 g/mol. The van der Waals surface area contributed by atoms with Crippen molar-refractivity contribution >= 4 is 10.0 Å². The van der Waals surface area contributed by atoms with Gasteiger partial charge in [0.2, 0.25) is 10.0 Å². The van der Waals surface area contributed by atoms with Gasteiger partial charge in [-0.3, -0.25) is 0 Å². The van der Waals surface area contributed by atoms with Gasteiger partial charge in [-0.15, -0.1) is 0 Å². The van der Waals surface area contributed by atoms with Gasteiger partial charge in [-0.2, -0.15) is 0 Å². The SMILES string of the molecule is CCS(=O)(=O)NCCOc1cc2c(cc1F)OCC(NC)C2Cc1ccccc1. The van der Waals surface area contributed by atoms with Crippen LogP contribution in [0.1, 0.15) is 24.0 Å². The van der Waals surface area contributed by atoms with Crippen molar-refractivity contribution in [1.29, 1.82) is 0 Å². The molecule has 2 aromatic rings. The minimum Gasteiger partial charge on any atom is -0.492 e. The lowest BCUT2D eigenvalue weighted by Gasteiger charge is -2.34. The monoisotopic (exact) mass is 422 g/mol. The van der Waals surface area contributed by atoms with Gasteiger partial charge in [0, 0.05) is 30.1 Å². The van der Waals surface area contributed by atoms with Crippen LogP contribution < -0.4 is 19.5 Å². The number of nitrogens with one attached hydrogen (secondary N) is 2. The van der Waals surface area contributed by atoms with Gasteiger partial charge in [-0.1, -0.05) is 30.3 Å². The van der Waals surface area contributed by atoms with Crippen LogP contribution in [-0.4, -0.2) is 47.0 Å². The third kappa shape index (κ3) is 5.46. The Balaban J connectivity index is 1.79. The standard InChI is InChI=1S/C21H27FN2O4S/c1-3-29(25,26)24-9-10-27-21-12-17-16(11-15-7-5-4-6-8-15)19(23-2)14-28-20(17)13-18(21)22/h4-8,12-13,16,19,23-24H,3,9-11,14H2,1-2H3. The van der Waals surface area contributed by atoms with Gasteiger partial charge in [-0.25, -0.2) is 17.5 Å². The molecule has 0 amide bonds. The van der Waals surface area contributed by atoms with E-state index in [0.717, 1.165) is 12.0 Å². The molecule has 8 heteroatoms. The molecule has 0 fully saturated rings. The molecule has 2 atom stereocenters. The summed E-state index contributed by atoms with van der Waals surface area (Å²) in [5, 5.41) is 3.29. The van der Waals surface area contributed by atoms with Crippen LogP contribution in [-0.2, 0) is 16.4 Å². The Morgan fingerprint density at radius 3 is 2.69 bits per heavy atom. The Morgan fingerprint density at radius 2 is 2.00 bits per heavy atom. The number of halogens is 1. The average Bonchev–Trinajstić information content (AvgIpc) is 2.72. The van der Waals surface area contributed by atoms with Crippen LogP contribution >= 0.6 is 0 Å². The first kappa shape index (κ1) is 21.5. The lowest BCUT2D eigenvalue weighted by atomic mass is 9.84. The summed E-state index contributed by atoms with van der Waals surface area (Å²) in [6.45, 7) is 2.13. The number of sulfonamides is 1. The minimum atomic E-state index is -3.30. The molecule has 1 heterocycles. The van der Waals surface area contributed by atoms with E-state index < -0.39 is 15.8 Å². The first-order chi connectivity index (χ1) is 13.9. The summed E-state index contributed by atoms with van der Waals surface area (Å²) >= 11 is 0. The molecule has 2 N–H and O–H groups in total. The molecule has 1 aliphatic heterocycles. The molecule has 1 aliphatic rings. The highest BCUT2D eigenvalue weighted by Crippen LogP contribution is 2.39. The van der Waals surface area contributed by atoms with E-state index >= 15 is 0 Å². The maximum absolute atomic E-state index is 14.5. The maximum Gasteiger partial charge on any atom is 0.211 e. The van der Waals surface area contributed by atoms with Crippen LogP contribution in [0.2, 0.25) is 0 Å². The van der Waals surface area contributed by atoms with Crippen LogP contribution in [0, 0.1) is 5.82 Å². The van der Waals surface area contributed by atoms with E-state index in [1.165, 1.54) is 11.6 Å². The summed E-state index contributed by atoms with van der Waals surface area (Å²) in [4.78, 5) is 0. The van der Waals surface area contributed by atoms with Crippen molar-refractivity contribution in [3.05, 3.63) is 59.4 Å². The third-order valence-corrected chi connectivity index (χ3v) is 6.50. The molecule has 0 aliphatic carbocycles. The molecule has 2 aromatic carbocycles. The molecule has 0 aromatic heterocycles. The van der Waals surface area contributed by atoms with Crippen LogP contribution in [0.5, 0.6) is 11.5 Å².